The number of hydrogen-bond acceptors (Lipinski definition) is 14. The van der Waals surface area contributed by atoms with Crippen molar-refractivity contribution in [2.45, 2.75) is 110 Å². The highest BCUT2D eigenvalue weighted by atomic mass is 16.6. The fourth-order valence-corrected chi connectivity index (χ4v) is 11.7. The highest BCUT2D eigenvalue weighted by Crippen LogP contribution is 2.82. The van der Waals surface area contributed by atoms with Gasteiger partial charge >= 0.3 is 35.8 Å². The predicted molar refractivity (Wildman–Crippen MR) is 162 cm³/mol. The third kappa shape index (κ3) is 4.54. The number of hydrogen-bond donors (Lipinski definition) is 1. The molecule has 268 valence electrons. The van der Waals surface area contributed by atoms with Crippen molar-refractivity contribution in [2.24, 2.45) is 39.9 Å². The van der Waals surface area contributed by atoms with Gasteiger partial charge in [-0.1, -0.05) is 20.8 Å². The van der Waals surface area contributed by atoms with Crippen molar-refractivity contribution < 1.29 is 66.7 Å². The van der Waals surface area contributed by atoms with Gasteiger partial charge in [0.2, 0.25) is 6.10 Å². The lowest BCUT2D eigenvalue weighted by Gasteiger charge is -2.72. The standard InChI is InChI=1S/C35H44O14/c1-16(36)45-25(30(41)43-8)26-32(6)15-34(49-19(4)39)24(28(32)46-17(2)37)29(47-18(3)38)35(42)21(33(26,34)7)9-11-31(5)22(35)13-23(40)48-27(31)20-10-12-44-14-20/h10,12,14,21-22,24-29,42H,9,11,13,15H2,1-8H3/t21-,22-,24-,25-,26+,27+,28-,29-,31-,32-,33-,34+,35-/m1/s1. The molecule has 4 saturated carbocycles. The Labute approximate surface area is 283 Å². The van der Waals surface area contributed by atoms with Crippen LogP contribution >= 0.6 is 0 Å². The number of aliphatic hydroxyl groups is 1. The van der Waals surface area contributed by atoms with Crippen LogP contribution in [0.3, 0.4) is 0 Å². The van der Waals surface area contributed by atoms with Crippen LogP contribution in [0.2, 0.25) is 0 Å². The molecule has 1 aliphatic heterocycles. The average molecular weight is 689 g/mol. The minimum atomic E-state index is -2.05. The smallest absolute Gasteiger partial charge is 0.347 e. The van der Waals surface area contributed by atoms with Crippen LogP contribution < -0.4 is 0 Å². The van der Waals surface area contributed by atoms with E-state index in [4.69, 9.17) is 32.8 Å². The number of fused-ring (bicyclic) bond motifs is 5. The Balaban J connectivity index is 1.67. The van der Waals surface area contributed by atoms with Crippen LogP contribution in [-0.2, 0) is 57.2 Å². The molecule has 14 nitrogen and oxygen atoms in total. The minimum Gasteiger partial charge on any atom is -0.472 e. The SMILES string of the molecule is COC(=O)[C@H](OC(C)=O)[C@H]1[C@@]2(C)C[C@]3(OC(C)=O)[C@H]([C@H]2OC(C)=O)[C@@H](OC(C)=O)[C@]2(O)[C@@H]4CC(=O)O[C@@H](c5ccoc5)[C@]4(C)CC[C@@H]2[C@]13C. The number of cyclic esters (lactones) is 1. The van der Waals surface area contributed by atoms with Gasteiger partial charge in [-0.05, 0) is 25.3 Å². The molecule has 0 radical (unpaired) electrons. The van der Waals surface area contributed by atoms with Gasteiger partial charge in [-0.2, -0.15) is 0 Å². The highest BCUT2D eigenvalue weighted by Gasteiger charge is 2.91. The quantitative estimate of drug-likeness (QED) is 0.325. The molecular formula is C35H44O14. The molecular weight excluding hydrogens is 644 g/mol. The molecule has 49 heavy (non-hydrogen) atoms. The number of esters is 6. The molecule has 2 heterocycles. The van der Waals surface area contributed by atoms with Crippen molar-refractivity contribution in [3.05, 3.63) is 24.2 Å². The van der Waals surface area contributed by atoms with Gasteiger partial charge in [0.15, 0.2) is 0 Å². The van der Waals surface area contributed by atoms with Crippen LogP contribution in [0, 0.1) is 39.9 Å². The fourth-order valence-electron chi connectivity index (χ4n) is 11.7. The van der Waals surface area contributed by atoms with Gasteiger partial charge in [-0.25, -0.2) is 4.79 Å². The molecule has 1 aromatic rings. The first-order valence-corrected chi connectivity index (χ1v) is 16.6. The van der Waals surface area contributed by atoms with E-state index in [0.29, 0.717) is 12.0 Å². The second-order valence-electron chi connectivity index (χ2n) is 15.2. The largest absolute Gasteiger partial charge is 0.472 e. The summed E-state index contributed by atoms with van der Waals surface area (Å²) >= 11 is 0. The first-order chi connectivity index (χ1) is 22.8. The fraction of sp³-hybridized carbons (Fsp3) is 0.714. The summed E-state index contributed by atoms with van der Waals surface area (Å²) in [5, 5.41) is 13.6. The summed E-state index contributed by atoms with van der Waals surface area (Å²) in [6.07, 6.45) is -1.83. The molecule has 1 N–H and O–H groups in total. The maximum absolute atomic E-state index is 13.6. The third-order valence-corrected chi connectivity index (χ3v) is 12.8. The summed E-state index contributed by atoms with van der Waals surface area (Å²) in [4.78, 5) is 78.8. The van der Waals surface area contributed by atoms with Crippen molar-refractivity contribution >= 4 is 35.8 Å². The van der Waals surface area contributed by atoms with Gasteiger partial charge < -0.3 is 37.9 Å². The molecule has 5 fully saturated rings. The summed E-state index contributed by atoms with van der Waals surface area (Å²) < 4.78 is 40.7. The topological polar surface area (TPSA) is 191 Å². The van der Waals surface area contributed by atoms with Gasteiger partial charge in [0, 0.05) is 67.3 Å². The Morgan fingerprint density at radius 2 is 1.57 bits per heavy atom. The first-order valence-electron chi connectivity index (χ1n) is 16.6. The maximum Gasteiger partial charge on any atom is 0.347 e. The van der Waals surface area contributed by atoms with Gasteiger partial charge in [0.25, 0.3) is 0 Å². The summed E-state index contributed by atoms with van der Waals surface area (Å²) in [5.41, 5.74) is -6.69. The Morgan fingerprint density at radius 1 is 0.918 bits per heavy atom. The van der Waals surface area contributed by atoms with Crippen LogP contribution in [-0.4, -0.2) is 77.5 Å². The molecule has 13 atom stereocenters. The zero-order chi connectivity index (χ0) is 36.1. The maximum atomic E-state index is 13.6. The molecule has 0 amide bonds. The molecule has 0 aromatic carbocycles. The summed E-state index contributed by atoms with van der Waals surface area (Å²) in [6, 6.07) is 1.68. The average Bonchev–Trinajstić information content (AvgIpc) is 3.65. The van der Waals surface area contributed by atoms with Crippen molar-refractivity contribution in [2.75, 3.05) is 7.11 Å². The Bertz CT molecular complexity index is 1590. The number of carbonyl (C=O) groups excluding carboxylic acids is 6. The number of rotatable bonds is 7. The van der Waals surface area contributed by atoms with Crippen molar-refractivity contribution in [1.29, 1.82) is 0 Å². The lowest BCUT2D eigenvalue weighted by molar-refractivity contribution is -0.358. The van der Waals surface area contributed by atoms with E-state index in [1.54, 1.807) is 19.9 Å². The predicted octanol–water partition coefficient (Wildman–Crippen LogP) is 2.98. The Hall–Kier alpha value is -3.94. The van der Waals surface area contributed by atoms with Crippen LogP contribution in [0.15, 0.2) is 23.0 Å². The molecule has 1 aromatic heterocycles. The lowest BCUT2D eigenvalue weighted by atomic mass is 9.36. The van der Waals surface area contributed by atoms with E-state index < -0.39 is 111 Å². The zero-order valence-electron chi connectivity index (χ0n) is 28.9. The summed E-state index contributed by atoms with van der Waals surface area (Å²) in [5.74, 6) is -8.52. The molecule has 6 rings (SSSR count). The molecule has 2 bridgehead atoms. The van der Waals surface area contributed by atoms with Gasteiger partial charge in [0.1, 0.15) is 29.5 Å². The van der Waals surface area contributed by atoms with Crippen molar-refractivity contribution in [3.63, 3.8) is 0 Å². The first kappa shape index (κ1) is 34.9. The van der Waals surface area contributed by atoms with Crippen molar-refractivity contribution in [3.8, 4) is 0 Å². The molecule has 0 unspecified atom stereocenters. The third-order valence-electron chi connectivity index (χ3n) is 12.8. The monoisotopic (exact) mass is 688 g/mol. The summed E-state index contributed by atoms with van der Waals surface area (Å²) in [7, 11) is 1.15. The van der Waals surface area contributed by atoms with E-state index in [2.05, 4.69) is 0 Å². The Morgan fingerprint density at radius 3 is 2.12 bits per heavy atom. The molecule has 0 spiro atoms. The van der Waals surface area contributed by atoms with E-state index in [1.165, 1.54) is 33.3 Å². The lowest BCUT2D eigenvalue weighted by Crippen LogP contribution is -2.82. The number of methoxy groups -OCH3 is 1. The zero-order valence-corrected chi connectivity index (χ0v) is 28.9. The van der Waals surface area contributed by atoms with E-state index in [1.807, 2.05) is 6.92 Å². The molecule has 5 aliphatic rings. The normalized spacial score (nSPS) is 43.6. The van der Waals surface area contributed by atoms with Crippen LogP contribution in [0.1, 0.15) is 85.8 Å². The second-order valence-corrected chi connectivity index (χ2v) is 15.2. The highest BCUT2D eigenvalue weighted by molar-refractivity contribution is 5.80. The minimum absolute atomic E-state index is 0.00405. The van der Waals surface area contributed by atoms with Gasteiger partial charge in [-0.3, -0.25) is 24.0 Å². The van der Waals surface area contributed by atoms with Crippen LogP contribution in [0.5, 0.6) is 0 Å². The van der Waals surface area contributed by atoms with Crippen LogP contribution in [0.25, 0.3) is 0 Å². The molecule has 4 aliphatic carbocycles. The van der Waals surface area contributed by atoms with Gasteiger partial charge in [0.05, 0.1) is 32.0 Å². The van der Waals surface area contributed by atoms with Crippen LogP contribution in [0.4, 0.5) is 0 Å². The number of carbonyl (C=O) groups is 6. The Kier molecular flexibility index (Phi) is 8.04. The number of ether oxygens (including phenoxy) is 6. The van der Waals surface area contributed by atoms with E-state index >= 15 is 0 Å². The van der Waals surface area contributed by atoms with Gasteiger partial charge in [-0.15, -0.1) is 0 Å². The van der Waals surface area contributed by atoms with Crippen molar-refractivity contribution in [1.82, 2.24) is 0 Å². The van der Waals surface area contributed by atoms with E-state index in [0.717, 1.165) is 14.0 Å². The van der Waals surface area contributed by atoms with E-state index in [9.17, 15) is 33.9 Å². The van der Waals surface area contributed by atoms with E-state index in [-0.39, 0.29) is 19.3 Å². The summed E-state index contributed by atoms with van der Waals surface area (Å²) in [6.45, 7) is 10.2. The number of furan rings is 1. The second kappa shape index (κ2) is 11.3. The molecule has 1 saturated heterocycles. The molecule has 14 heteroatoms.